The minimum absolute atomic E-state index is 0.0866. The molecule has 2 aliphatic rings. The van der Waals surface area contributed by atoms with Gasteiger partial charge < -0.3 is 21.4 Å². The highest BCUT2D eigenvalue weighted by molar-refractivity contribution is 8.00. The van der Waals surface area contributed by atoms with E-state index in [9.17, 15) is 14.4 Å². The number of rotatable bonds is 4. The summed E-state index contributed by atoms with van der Waals surface area (Å²) in [6.45, 7) is 0. The van der Waals surface area contributed by atoms with Gasteiger partial charge in [0.25, 0.3) is 11.8 Å². The smallest absolute Gasteiger partial charge is 0.352 e. The summed E-state index contributed by atoms with van der Waals surface area (Å²) in [5, 5.41) is 24.6. The van der Waals surface area contributed by atoms with E-state index >= 15 is 0 Å². The molecule has 0 radical (unpaired) electrons. The number of nitrogens with zero attached hydrogens (tertiary/aromatic N) is 3. The number of thioether (sulfide) groups is 1. The number of carbonyl (C=O) groups is 3. The molecule has 0 aliphatic carbocycles. The molecule has 3 heterocycles. The third-order valence-electron chi connectivity index (χ3n) is 3.43. The number of carboxylic acid groups (broad SMARTS) is 1. The first-order valence-electron chi connectivity index (χ1n) is 6.56. The lowest BCUT2D eigenvalue weighted by molar-refractivity contribution is -0.150. The maximum Gasteiger partial charge on any atom is 0.352 e. The Balaban J connectivity index is 1.73. The van der Waals surface area contributed by atoms with Crippen molar-refractivity contribution in [3.05, 3.63) is 22.8 Å². The molecule has 24 heavy (non-hydrogen) atoms. The van der Waals surface area contributed by atoms with Gasteiger partial charge in [-0.25, -0.2) is 9.78 Å². The predicted octanol–water partition coefficient (Wildman–Crippen LogP) is -0.728. The molecule has 1 aromatic rings. The molecule has 0 aromatic carbocycles. The van der Waals surface area contributed by atoms with E-state index in [0.717, 1.165) is 16.2 Å². The van der Waals surface area contributed by atoms with Crippen LogP contribution in [0.4, 0.5) is 5.13 Å². The molecule has 2 unspecified atom stereocenters. The summed E-state index contributed by atoms with van der Waals surface area (Å²) in [5.41, 5.74) is 5.09. The Morgan fingerprint density at radius 1 is 1.50 bits per heavy atom. The molecule has 126 valence electrons. The summed E-state index contributed by atoms with van der Waals surface area (Å²) in [6.07, 6.45) is 1.44. The van der Waals surface area contributed by atoms with E-state index < -0.39 is 29.2 Å². The number of hydrogen-bond donors (Lipinski definition) is 4. The predicted molar refractivity (Wildman–Crippen MR) is 85.6 cm³/mol. The molecule has 1 saturated heterocycles. The van der Waals surface area contributed by atoms with Gasteiger partial charge in [0.1, 0.15) is 22.8 Å². The van der Waals surface area contributed by atoms with Gasteiger partial charge in [0.05, 0.1) is 0 Å². The fourth-order valence-corrected chi connectivity index (χ4v) is 4.10. The van der Waals surface area contributed by atoms with Gasteiger partial charge in [0.15, 0.2) is 10.8 Å². The largest absolute Gasteiger partial charge is 0.477 e. The second-order valence-electron chi connectivity index (χ2n) is 4.80. The third-order valence-corrected chi connectivity index (χ3v) is 5.29. The van der Waals surface area contributed by atoms with E-state index in [0.29, 0.717) is 5.75 Å². The van der Waals surface area contributed by atoms with Crippen LogP contribution >= 0.6 is 23.1 Å². The summed E-state index contributed by atoms with van der Waals surface area (Å²) >= 11 is 2.39. The van der Waals surface area contributed by atoms with Crippen molar-refractivity contribution >= 4 is 51.7 Å². The standard InChI is InChI=1S/C12H11N5O5S2/c13-12-14-4(3-24-12)6(16-22)8(18)15-7-9(19)17-5(11(20)21)1-2-23-10(7)17/h1,3,7,10,22H,2H2,(H2,13,14)(H,15,18)(H,20,21)/b16-6+. The zero-order chi connectivity index (χ0) is 17.4. The highest BCUT2D eigenvalue weighted by Gasteiger charge is 2.53. The number of oxime groups is 1. The van der Waals surface area contributed by atoms with Crippen LogP contribution in [0.1, 0.15) is 5.69 Å². The highest BCUT2D eigenvalue weighted by atomic mass is 32.2. The minimum atomic E-state index is -1.20. The van der Waals surface area contributed by atoms with Crippen molar-refractivity contribution in [3.63, 3.8) is 0 Å². The van der Waals surface area contributed by atoms with E-state index in [-0.39, 0.29) is 22.2 Å². The summed E-state index contributed by atoms with van der Waals surface area (Å²) in [4.78, 5) is 40.5. The van der Waals surface area contributed by atoms with E-state index in [4.69, 9.17) is 16.0 Å². The van der Waals surface area contributed by atoms with Crippen molar-refractivity contribution in [1.82, 2.24) is 15.2 Å². The number of nitrogens with one attached hydrogen (secondary N) is 1. The molecule has 2 atom stereocenters. The van der Waals surface area contributed by atoms with Gasteiger partial charge in [-0.05, 0) is 6.08 Å². The quantitative estimate of drug-likeness (QED) is 0.234. The van der Waals surface area contributed by atoms with Gasteiger partial charge >= 0.3 is 5.97 Å². The van der Waals surface area contributed by atoms with Crippen LogP contribution in [0.5, 0.6) is 0 Å². The number of aliphatic carboxylic acids is 1. The summed E-state index contributed by atoms with van der Waals surface area (Å²) < 4.78 is 0. The highest BCUT2D eigenvalue weighted by Crippen LogP contribution is 2.37. The zero-order valence-corrected chi connectivity index (χ0v) is 13.5. The number of β-lactam (4-membered cyclic amide) rings is 1. The Morgan fingerprint density at radius 3 is 2.83 bits per heavy atom. The summed E-state index contributed by atoms with van der Waals surface area (Å²) in [6, 6.07) is -0.904. The maximum absolute atomic E-state index is 12.2. The molecule has 5 N–H and O–H groups in total. The van der Waals surface area contributed by atoms with Crippen LogP contribution in [0.25, 0.3) is 0 Å². The first-order chi connectivity index (χ1) is 11.4. The van der Waals surface area contributed by atoms with E-state index in [1.807, 2.05) is 0 Å². The molecular formula is C12H11N5O5S2. The van der Waals surface area contributed by atoms with Crippen molar-refractivity contribution in [2.45, 2.75) is 11.4 Å². The molecule has 2 amide bonds. The number of nitrogens with two attached hydrogens (primary N) is 1. The van der Waals surface area contributed by atoms with Crippen LogP contribution in [-0.4, -0.2) is 60.9 Å². The molecule has 12 heteroatoms. The van der Waals surface area contributed by atoms with Crippen LogP contribution in [0.3, 0.4) is 0 Å². The van der Waals surface area contributed by atoms with Gasteiger partial charge in [-0.15, -0.1) is 23.1 Å². The average molecular weight is 369 g/mol. The molecule has 0 saturated carbocycles. The van der Waals surface area contributed by atoms with E-state index in [1.54, 1.807) is 0 Å². The number of aromatic nitrogens is 1. The van der Waals surface area contributed by atoms with Gasteiger partial charge in [-0.1, -0.05) is 5.16 Å². The Morgan fingerprint density at radius 2 is 2.25 bits per heavy atom. The number of hydrogen-bond acceptors (Lipinski definition) is 9. The van der Waals surface area contributed by atoms with Crippen molar-refractivity contribution in [2.24, 2.45) is 5.16 Å². The number of fused-ring (bicyclic) bond motifs is 1. The van der Waals surface area contributed by atoms with Crippen molar-refractivity contribution < 1.29 is 24.7 Å². The van der Waals surface area contributed by atoms with Crippen LogP contribution in [0.15, 0.2) is 22.3 Å². The van der Waals surface area contributed by atoms with Gasteiger partial charge in [-0.2, -0.15) is 0 Å². The topological polar surface area (TPSA) is 158 Å². The molecule has 0 bridgehead atoms. The summed E-state index contributed by atoms with van der Waals surface area (Å²) in [7, 11) is 0. The summed E-state index contributed by atoms with van der Waals surface area (Å²) in [5.74, 6) is -2.13. The van der Waals surface area contributed by atoms with Crippen molar-refractivity contribution in [3.8, 4) is 0 Å². The molecule has 1 aromatic heterocycles. The lowest BCUT2D eigenvalue weighted by Crippen LogP contribution is -2.70. The molecule has 1 fully saturated rings. The number of carboxylic acids is 1. The van der Waals surface area contributed by atoms with Crippen LogP contribution in [-0.2, 0) is 14.4 Å². The Kier molecular flexibility index (Phi) is 4.15. The van der Waals surface area contributed by atoms with Gasteiger partial charge in [-0.3, -0.25) is 14.5 Å². The molecular weight excluding hydrogens is 358 g/mol. The Hall–Kier alpha value is -2.60. The number of anilines is 1. The van der Waals surface area contributed by atoms with Crippen LogP contribution in [0, 0.1) is 0 Å². The van der Waals surface area contributed by atoms with Crippen molar-refractivity contribution in [2.75, 3.05) is 11.5 Å². The number of thiazole rings is 1. The van der Waals surface area contributed by atoms with Crippen LogP contribution < -0.4 is 11.1 Å². The zero-order valence-electron chi connectivity index (χ0n) is 11.9. The minimum Gasteiger partial charge on any atom is -0.477 e. The number of carbonyl (C=O) groups excluding carboxylic acids is 2. The second kappa shape index (κ2) is 6.13. The monoisotopic (exact) mass is 369 g/mol. The van der Waals surface area contributed by atoms with Crippen LogP contribution in [0.2, 0.25) is 0 Å². The van der Waals surface area contributed by atoms with Gasteiger partial charge in [0, 0.05) is 11.1 Å². The average Bonchev–Trinajstić information content (AvgIpc) is 2.98. The Bertz CT molecular complexity index is 789. The maximum atomic E-state index is 12.2. The van der Waals surface area contributed by atoms with E-state index in [2.05, 4.69) is 15.5 Å². The number of nitrogen functional groups attached to an aromatic ring is 1. The SMILES string of the molecule is Nc1nc(/C(=N\O)C(=O)NC2C(=O)N3C(C(=O)O)=CCSC23)cs1. The lowest BCUT2D eigenvalue weighted by atomic mass is 10.0. The molecule has 0 spiro atoms. The lowest BCUT2D eigenvalue weighted by Gasteiger charge is -2.48. The molecule has 2 aliphatic heterocycles. The van der Waals surface area contributed by atoms with Crippen molar-refractivity contribution in [1.29, 1.82) is 0 Å². The number of amides is 2. The fourth-order valence-electron chi connectivity index (χ4n) is 2.36. The molecule has 10 nitrogen and oxygen atoms in total. The molecule has 3 rings (SSSR count). The second-order valence-corrected chi connectivity index (χ2v) is 6.84. The normalized spacial score (nSPS) is 23.2. The Labute approximate surface area is 143 Å². The van der Waals surface area contributed by atoms with E-state index in [1.165, 1.54) is 23.2 Å². The third kappa shape index (κ3) is 2.59. The fraction of sp³-hybridized carbons (Fsp3) is 0.250. The first kappa shape index (κ1) is 16.3. The van der Waals surface area contributed by atoms with Gasteiger partial charge in [0.2, 0.25) is 0 Å². The first-order valence-corrected chi connectivity index (χ1v) is 8.49.